The number of rotatable bonds is 4. The summed E-state index contributed by atoms with van der Waals surface area (Å²) in [6.07, 6.45) is 0.686. The minimum atomic E-state index is -0.0728. The Morgan fingerprint density at radius 3 is 2.62 bits per heavy atom. The molecule has 0 unspecified atom stereocenters. The second-order valence-electron chi connectivity index (χ2n) is 6.31. The van der Waals surface area contributed by atoms with Crippen LogP contribution in [0.5, 0.6) is 0 Å². The molecule has 5 heteroatoms. The van der Waals surface area contributed by atoms with Crippen LogP contribution in [0.3, 0.4) is 0 Å². The number of nitrogens with zero attached hydrogens (tertiary/aromatic N) is 2. The van der Waals surface area contributed by atoms with E-state index in [4.69, 9.17) is 4.74 Å². The highest BCUT2D eigenvalue weighted by molar-refractivity contribution is 7.09. The van der Waals surface area contributed by atoms with Crippen molar-refractivity contribution in [1.29, 1.82) is 0 Å². The molecule has 0 radical (unpaired) electrons. The van der Waals surface area contributed by atoms with Crippen LogP contribution in [-0.2, 0) is 11.2 Å². The smallest absolute Gasteiger partial charge is 0.273 e. The first kappa shape index (κ1) is 16.9. The predicted molar refractivity (Wildman–Crippen MR) is 102 cm³/mol. The van der Waals surface area contributed by atoms with Crippen LogP contribution in [0.25, 0.3) is 0 Å². The summed E-state index contributed by atoms with van der Waals surface area (Å²) < 4.78 is 5.85. The summed E-state index contributed by atoms with van der Waals surface area (Å²) in [6.45, 7) is 1.72. The molecule has 1 fully saturated rings. The minimum Gasteiger partial charge on any atom is -0.370 e. The Bertz CT molecular complexity index is 864. The number of carbonyl (C=O) groups excluding carboxylic acids is 1. The molecule has 0 N–H and O–H groups in total. The van der Waals surface area contributed by atoms with Gasteiger partial charge in [0.15, 0.2) is 0 Å². The van der Waals surface area contributed by atoms with Gasteiger partial charge in [0.05, 0.1) is 18.2 Å². The largest absolute Gasteiger partial charge is 0.370 e. The van der Waals surface area contributed by atoms with E-state index in [1.807, 2.05) is 58.8 Å². The Balaban J connectivity index is 1.44. The van der Waals surface area contributed by atoms with Crippen LogP contribution in [0.15, 0.2) is 66.0 Å². The molecule has 1 aromatic heterocycles. The topological polar surface area (TPSA) is 42.4 Å². The van der Waals surface area contributed by atoms with E-state index in [9.17, 15) is 4.79 Å². The number of amides is 1. The van der Waals surface area contributed by atoms with Crippen molar-refractivity contribution in [1.82, 2.24) is 9.88 Å². The van der Waals surface area contributed by atoms with Gasteiger partial charge in [-0.15, -0.1) is 11.3 Å². The van der Waals surface area contributed by atoms with Crippen LogP contribution in [0, 0.1) is 0 Å². The zero-order valence-corrected chi connectivity index (χ0v) is 15.2. The van der Waals surface area contributed by atoms with Crippen LogP contribution < -0.4 is 0 Å². The van der Waals surface area contributed by atoms with E-state index >= 15 is 0 Å². The standard InChI is InChI=1S/C21H20N2O2S/c24-21(18-15-26-20(22-18)13-16-7-3-1-4-8-16)23-11-12-25-19(14-23)17-9-5-2-6-10-17/h1-10,15,19H,11-14H2/t19-/m0/s1. The number of benzene rings is 2. The lowest BCUT2D eigenvalue weighted by Gasteiger charge is -2.32. The third-order valence-electron chi connectivity index (χ3n) is 4.49. The third kappa shape index (κ3) is 3.84. The van der Waals surface area contributed by atoms with Crippen molar-refractivity contribution < 1.29 is 9.53 Å². The molecule has 1 aliphatic heterocycles. The van der Waals surface area contributed by atoms with Gasteiger partial charge in [0.1, 0.15) is 11.8 Å². The number of thiazole rings is 1. The number of carbonyl (C=O) groups is 1. The van der Waals surface area contributed by atoms with Crippen LogP contribution >= 0.6 is 11.3 Å². The highest BCUT2D eigenvalue weighted by atomic mass is 32.1. The molecule has 1 saturated heterocycles. The van der Waals surface area contributed by atoms with E-state index in [-0.39, 0.29) is 12.0 Å². The van der Waals surface area contributed by atoms with Crippen molar-refractivity contribution in [3.8, 4) is 0 Å². The van der Waals surface area contributed by atoms with Crippen molar-refractivity contribution in [2.45, 2.75) is 12.5 Å². The summed E-state index contributed by atoms with van der Waals surface area (Å²) in [5.41, 5.74) is 2.85. The average molecular weight is 364 g/mol. The zero-order chi connectivity index (χ0) is 17.8. The van der Waals surface area contributed by atoms with Gasteiger partial charge in [0.25, 0.3) is 5.91 Å². The van der Waals surface area contributed by atoms with Crippen molar-refractivity contribution >= 4 is 17.2 Å². The molecule has 1 atom stereocenters. The predicted octanol–water partition coefficient (Wildman–Crippen LogP) is 3.95. The molecule has 4 rings (SSSR count). The lowest BCUT2D eigenvalue weighted by molar-refractivity contribution is -0.0229. The first-order valence-electron chi connectivity index (χ1n) is 8.74. The summed E-state index contributed by atoms with van der Waals surface area (Å²) in [6, 6.07) is 20.3. The molecule has 132 valence electrons. The minimum absolute atomic E-state index is 0.00945. The normalized spacial score (nSPS) is 17.2. The van der Waals surface area contributed by atoms with Crippen molar-refractivity contribution in [3.63, 3.8) is 0 Å². The molecule has 0 saturated carbocycles. The molecule has 2 heterocycles. The maximum Gasteiger partial charge on any atom is 0.273 e. The van der Waals surface area contributed by atoms with Gasteiger partial charge < -0.3 is 9.64 Å². The van der Waals surface area contributed by atoms with Gasteiger partial charge >= 0.3 is 0 Å². The molecule has 26 heavy (non-hydrogen) atoms. The molecule has 1 aliphatic rings. The van der Waals surface area contributed by atoms with Crippen LogP contribution in [-0.4, -0.2) is 35.5 Å². The van der Waals surface area contributed by atoms with E-state index in [1.165, 1.54) is 5.56 Å². The van der Waals surface area contributed by atoms with E-state index in [0.29, 0.717) is 25.4 Å². The highest BCUT2D eigenvalue weighted by Gasteiger charge is 2.27. The van der Waals surface area contributed by atoms with Crippen LogP contribution in [0.2, 0.25) is 0 Å². The van der Waals surface area contributed by atoms with Crippen molar-refractivity contribution in [2.24, 2.45) is 0 Å². The summed E-state index contributed by atoms with van der Waals surface area (Å²) in [7, 11) is 0. The second kappa shape index (κ2) is 7.81. The Labute approximate surface area is 157 Å². The van der Waals surface area contributed by atoms with Gasteiger partial charge in [-0.25, -0.2) is 4.98 Å². The zero-order valence-electron chi connectivity index (χ0n) is 14.4. The second-order valence-corrected chi connectivity index (χ2v) is 7.25. The monoisotopic (exact) mass is 364 g/mol. The van der Waals surface area contributed by atoms with E-state index < -0.39 is 0 Å². The quantitative estimate of drug-likeness (QED) is 0.704. The Kier molecular flexibility index (Phi) is 5.09. The number of ether oxygens (including phenoxy) is 1. The van der Waals surface area contributed by atoms with Crippen molar-refractivity contribution in [2.75, 3.05) is 19.7 Å². The molecule has 3 aromatic rings. The summed E-state index contributed by atoms with van der Waals surface area (Å²) in [5, 5.41) is 2.83. The average Bonchev–Trinajstić information content (AvgIpc) is 3.17. The van der Waals surface area contributed by atoms with Crippen LogP contribution in [0.4, 0.5) is 0 Å². The first-order chi connectivity index (χ1) is 12.8. The molecule has 4 nitrogen and oxygen atoms in total. The molecule has 2 aromatic carbocycles. The molecular formula is C21H20N2O2S. The van der Waals surface area contributed by atoms with Gasteiger partial charge in [0.2, 0.25) is 0 Å². The molecule has 0 bridgehead atoms. The van der Waals surface area contributed by atoms with Crippen molar-refractivity contribution in [3.05, 3.63) is 87.9 Å². The number of morpholine rings is 1. The lowest BCUT2D eigenvalue weighted by Crippen LogP contribution is -2.42. The number of aromatic nitrogens is 1. The fourth-order valence-corrected chi connectivity index (χ4v) is 3.93. The van der Waals surface area contributed by atoms with Gasteiger partial charge in [-0.1, -0.05) is 60.7 Å². The van der Waals surface area contributed by atoms with E-state index in [1.54, 1.807) is 11.3 Å². The Hall–Kier alpha value is -2.50. The van der Waals surface area contributed by atoms with E-state index in [2.05, 4.69) is 17.1 Å². The molecular weight excluding hydrogens is 344 g/mol. The molecule has 1 amide bonds. The fraction of sp³-hybridized carbons (Fsp3) is 0.238. The summed E-state index contributed by atoms with van der Waals surface area (Å²) in [4.78, 5) is 19.3. The third-order valence-corrected chi connectivity index (χ3v) is 5.34. The van der Waals surface area contributed by atoms with E-state index in [0.717, 1.165) is 17.0 Å². The first-order valence-corrected chi connectivity index (χ1v) is 9.62. The lowest BCUT2D eigenvalue weighted by atomic mass is 10.1. The van der Waals surface area contributed by atoms with Gasteiger partial charge in [-0.05, 0) is 11.1 Å². The van der Waals surface area contributed by atoms with Gasteiger partial charge in [-0.3, -0.25) is 4.79 Å². The Morgan fingerprint density at radius 1 is 1.12 bits per heavy atom. The Morgan fingerprint density at radius 2 is 1.85 bits per heavy atom. The van der Waals surface area contributed by atoms with Crippen LogP contribution in [0.1, 0.15) is 32.7 Å². The maximum atomic E-state index is 12.9. The molecule has 0 spiro atoms. The SMILES string of the molecule is O=C(c1csc(Cc2ccccc2)n1)N1CCO[C@H](c2ccccc2)C1. The summed E-state index contributed by atoms with van der Waals surface area (Å²) in [5.74, 6) is -0.00945. The van der Waals surface area contributed by atoms with Gasteiger partial charge in [-0.2, -0.15) is 0 Å². The molecule has 0 aliphatic carbocycles. The van der Waals surface area contributed by atoms with Gasteiger partial charge in [0, 0.05) is 18.3 Å². The maximum absolute atomic E-state index is 12.9. The highest BCUT2D eigenvalue weighted by Crippen LogP contribution is 2.24. The number of hydrogen-bond acceptors (Lipinski definition) is 4. The fourth-order valence-electron chi connectivity index (χ4n) is 3.13. The summed E-state index contributed by atoms with van der Waals surface area (Å²) >= 11 is 1.54. The number of hydrogen-bond donors (Lipinski definition) is 0.